The number of ether oxygens (including phenoxy) is 1. The van der Waals surface area contributed by atoms with Crippen LogP contribution >= 0.6 is 23.2 Å². The maximum Gasteiger partial charge on any atom is 0.237 e. The first kappa shape index (κ1) is 20.3. The van der Waals surface area contributed by atoms with Crippen molar-refractivity contribution in [3.05, 3.63) is 58.1 Å². The van der Waals surface area contributed by atoms with Gasteiger partial charge in [-0.2, -0.15) is 0 Å². The number of halogens is 2. The Morgan fingerprint density at radius 2 is 1.67 bits per heavy atom. The highest BCUT2D eigenvalue weighted by Crippen LogP contribution is 2.27. The number of nitrogens with one attached hydrogen (secondary N) is 1. The number of benzene rings is 2. The van der Waals surface area contributed by atoms with E-state index in [2.05, 4.69) is 16.7 Å². The van der Waals surface area contributed by atoms with E-state index in [9.17, 15) is 8.42 Å². The molecule has 0 unspecified atom stereocenters. The van der Waals surface area contributed by atoms with E-state index in [1.807, 2.05) is 0 Å². The van der Waals surface area contributed by atoms with Crippen LogP contribution in [0.3, 0.4) is 0 Å². The molecule has 1 saturated heterocycles. The highest BCUT2D eigenvalue weighted by atomic mass is 35.5. The molecule has 1 aliphatic rings. The van der Waals surface area contributed by atoms with Crippen molar-refractivity contribution in [2.75, 3.05) is 24.9 Å². The first-order valence-electron chi connectivity index (χ1n) is 8.71. The standard InChI is InChI=1S/C19H22Cl2N2O3S/c1-23-11-9-16(10-12-23)26-15-7-5-14(6-8-15)22-27(24,25)13-17-18(20)3-2-4-19(17)21/h2-8,16,22H,9-13H2,1H3. The fourth-order valence-corrected chi connectivity index (χ4v) is 4.92. The molecule has 2 aromatic carbocycles. The second-order valence-electron chi connectivity index (χ2n) is 6.71. The van der Waals surface area contributed by atoms with Gasteiger partial charge < -0.3 is 9.64 Å². The number of piperidine rings is 1. The smallest absolute Gasteiger partial charge is 0.237 e. The van der Waals surface area contributed by atoms with E-state index < -0.39 is 10.0 Å². The van der Waals surface area contributed by atoms with Crippen molar-refractivity contribution >= 4 is 38.9 Å². The molecule has 27 heavy (non-hydrogen) atoms. The van der Waals surface area contributed by atoms with Gasteiger partial charge in [0.15, 0.2) is 0 Å². The van der Waals surface area contributed by atoms with E-state index >= 15 is 0 Å². The zero-order chi connectivity index (χ0) is 19.4. The largest absolute Gasteiger partial charge is 0.490 e. The van der Waals surface area contributed by atoms with Gasteiger partial charge in [0.05, 0.1) is 5.75 Å². The van der Waals surface area contributed by atoms with Crippen molar-refractivity contribution in [2.24, 2.45) is 0 Å². The molecule has 1 heterocycles. The number of hydrogen-bond donors (Lipinski definition) is 1. The first-order valence-corrected chi connectivity index (χ1v) is 11.1. The predicted octanol–water partition coefficient (Wildman–Crippen LogP) is 4.41. The van der Waals surface area contributed by atoms with E-state index in [0.717, 1.165) is 31.7 Å². The van der Waals surface area contributed by atoms with Crippen LogP contribution in [0.1, 0.15) is 18.4 Å². The third kappa shape index (κ3) is 5.75. The van der Waals surface area contributed by atoms with Crippen molar-refractivity contribution in [1.29, 1.82) is 0 Å². The highest BCUT2D eigenvalue weighted by molar-refractivity contribution is 7.91. The Hall–Kier alpha value is -1.47. The van der Waals surface area contributed by atoms with Crippen LogP contribution < -0.4 is 9.46 Å². The second-order valence-corrected chi connectivity index (χ2v) is 9.24. The van der Waals surface area contributed by atoms with Crippen LogP contribution in [0.5, 0.6) is 5.75 Å². The van der Waals surface area contributed by atoms with Gasteiger partial charge in [-0.05, 0) is 56.3 Å². The number of sulfonamides is 1. The van der Waals surface area contributed by atoms with Crippen molar-refractivity contribution in [3.8, 4) is 5.75 Å². The van der Waals surface area contributed by atoms with Gasteiger partial charge in [-0.3, -0.25) is 4.72 Å². The summed E-state index contributed by atoms with van der Waals surface area (Å²) < 4.78 is 33.4. The minimum atomic E-state index is -3.64. The molecule has 0 atom stereocenters. The van der Waals surface area contributed by atoms with Gasteiger partial charge in [0, 0.05) is 34.4 Å². The van der Waals surface area contributed by atoms with Gasteiger partial charge in [0.1, 0.15) is 11.9 Å². The minimum absolute atomic E-state index is 0.200. The molecule has 2 aromatic rings. The molecular formula is C19H22Cl2N2O3S. The van der Waals surface area contributed by atoms with Crippen LogP contribution in [-0.2, 0) is 15.8 Å². The van der Waals surface area contributed by atoms with Gasteiger partial charge >= 0.3 is 0 Å². The Morgan fingerprint density at radius 1 is 1.07 bits per heavy atom. The van der Waals surface area contributed by atoms with Crippen LogP contribution in [0.2, 0.25) is 10.0 Å². The fraction of sp³-hybridized carbons (Fsp3) is 0.368. The topological polar surface area (TPSA) is 58.6 Å². The lowest BCUT2D eigenvalue weighted by molar-refractivity contribution is 0.114. The van der Waals surface area contributed by atoms with Gasteiger partial charge in [-0.1, -0.05) is 29.3 Å². The molecule has 0 bridgehead atoms. The van der Waals surface area contributed by atoms with Crippen LogP contribution in [0, 0.1) is 0 Å². The molecule has 146 valence electrons. The van der Waals surface area contributed by atoms with Crippen molar-refractivity contribution in [3.63, 3.8) is 0 Å². The monoisotopic (exact) mass is 428 g/mol. The SMILES string of the molecule is CN1CCC(Oc2ccc(NS(=O)(=O)Cc3c(Cl)cccc3Cl)cc2)CC1. The quantitative estimate of drug-likeness (QED) is 0.739. The zero-order valence-electron chi connectivity index (χ0n) is 15.0. The summed E-state index contributed by atoms with van der Waals surface area (Å²) in [4.78, 5) is 2.28. The van der Waals surface area contributed by atoms with Crippen molar-refractivity contribution in [2.45, 2.75) is 24.7 Å². The molecule has 0 spiro atoms. The Kier molecular flexibility index (Phi) is 6.52. The first-order chi connectivity index (χ1) is 12.8. The summed E-state index contributed by atoms with van der Waals surface area (Å²) in [6.45, 7) is 2.04. The molecule has 1 fully saturated rings. The third-order valence-corrected chi connectivity index (χ3v) is 6.42. The van der Waals surface area contributed by atoms with E-state index in [1.54, 1.807) is 42.5 Å². The highest BCUT2D eigenvalue weighted by Gasteiger charge is 2.19. The normalized spacial score (nSPS) is 16.3. The van der Waals surface area contributed by atoms with Gasteiger partial charge in [-0.15, -0.1) is 0 Å². The Morgan fingerprint density at radius 3 is 2.26 bits per heavy atom. The lowest BCUT2D eigenvalue weighted by atomic mass is 10.1. The summed E-state index contributed by atoms with van der Waals surface area (Å²) in [5, 5.41) is 0.657. The molecule has 0 aliphatic carbocycles. The summed E-state index contributed by atoms with van der Waals surface area (Å²) in [5.74, 6) is 0.445. The molecule has 5 nitrogen and oxygen atoms in total. The van der Waals surface area contributed by atoms with E-state index in [4.69, 9.17) is 27.9 Å². The van der Waals surface area contributed by atoms with Crippen molar-refractivity contribution in [1.82, 2.24) is 4.90 Å². The fourth-order valence-electron chi connectivity index (χ4n) is 2.97. The second kappa shape index (κ2) is 8.69. The molecule has 0 radical (unpaired) electrons. The lowest BCUT2D eigenvalue weighted by Crippen LogP contribution is -2.35. The average molecular weight is 429 g/mol. The van der Waals surface area contributed by atoms with E-state index in [-0.39, 0.29) is 11.9 Å². The predicted molar refractivity (Wildman–Crippen MR) is 110 cm³/mol. The number of nitrogens with zero attached hydrogens (tertiary/aromatic N) is 1. The van der Waals surface area contributed by atoms with E-state index in [1.165, 1.54) is 0 Å². The summed E-state index contributed by atoms with van der Waals surface area (Å²) in [6, 6.07) is 11.8. The molecule has 8 heteroatoms. The number of likely N-dealkylation sites (tertiary alicyclic amines) is 1. The molecule has 3 rings (SSSR count). The van der Waals surface area contributed by atoms with Crippen LogP contribution in [0.15, 0.2) is 42.5 Å². The molecular weight excluding hydrogens is 407 g/mol. The molecule has 1 N–H and O–H groups in total. The summed E-state index contributed by atoms with van der Waals surface area (Å²) in [7, 11) is -1.54. The van der Waals surface area contributed by atoms with E-state index in [0.29, 0.717) is 21.3 Å². The molecule has 0 saturated carbocycles. The summed E-state index contributed by atoms with van der Waals surface area (Å²) >= 11 is 12.1. The summed E-state index contributed by atoms with van der Waals surface area (Å²) in [5.41, 5.74) is 0.851. The molecule has 0 amide bonds. The van der Waals surface area contributed by atoms with Crippen LogP contribution in [0.25, 0.3) is 0 Å². The van der Waals surface area contributed by atoms with Crippen LogP contribution in [-0.4, -0.2) is 39.6 Å². The third-order valence-electron chi connectivity index (χ3n) is 4.49. The Balaban J connectivity index is 1.62. The minimum Gasteiger partial charge on any atom is -0.490 e. The molecule has 0 aromatic heterocycles. The van der Waals surface area contributed by atoms with Gasteiger partial charge in [0.2, 0.25) is 10.0 Å². The maximum absolute atomic E-state index is 12.4. The van der Waals surface area contributed by atoms with Gasteiger partial charge in [-0.25, -0.2) is 8.42 Å². The Labute approximate surface area is 170 Å². The lowest BCUT2D eigenvalue weighted by Gasteiger charge is -2.29. The average Bonchev–Trinajstić information content (AvgIpc) is 2.62. The van der Waals surface area contributed by atoms with Crippen LogP contribution in [0.4, 0.5) is 5.69 Å². The summed E-state index contributed by atoms with van der Waals surface area (Å²) in [6.07, 6.45) is 2.18. The number of rotatable bonds is 6. The van der Waals surface area contributed by atoms with Gasteiger partial charge in [0.25, 0.3) is 0 Å². The van der Waals surface area contributed by atoms with Crippen molar-refractivity contribution < 1.29 is 13.2 Å². The zero-order valence-corrected chi connectivity index (χ0v) is 17.3. The number of hydrogen-bond acceptors (Lipinski definition) is 4. The number of anilines is 1. The molecule has 1 aliphatic heterocycles. The Bertz CT molecular complexity index is 860. The maximum atomic E-state index is 12.4.